The summed E-state index contributed by atoms with van der Waals surface area (Å²) in [5.74, 6) is 2.66. The van der Waals surface area contributed by atoms with Gasteiger partial charge in [-0.3, -0.25) is 5.32 Å². The SMILES string of the molecule is C#CC(C)NC(CN)c1cc(C)sc1C. The molecule has 2 nitrogen and oxygen atoms in total. The van der Waals surface area contributed by atoms with Crippen LogP contribution >= 0.6 is 11.3 Å². The minimum atomic E-state index is 0.0538. The minimum absolute atomic E-state index is 0.0538. The molecule has 0 bridgehead atoms. The summed E-state index contributed by atoms with van der Waals surface area (Å²) in [6, 6.07) is 2.41. The van der Waals surface area contributed by atoms with Gasteiger partial charge in [-0.25, -0.2) is 0 Å². The van der Waals surface area contributed by atoms with Gasteiger partial charge in [0, 0.05) is 22.3 Å². The van der Waals surface area contributed by atoms with Gasteiger partial charge >= 0.3 is 0 Å². The summed E-state index contributed by atoms with van der Waals surface area (Å²) in [5, 5.41) is 3.33. The highest BCUT2D eigenvalue weighted by molar-refractivity contribution is 7.12. The fourth-order valence-corrected chi connectivity index (χ4v) is 2.62. The number of hydrogen-bond donors (Lipinski definition) is 2. The number of aryl methyl sites for hydroxylation is 2. The van der Waals surface area contributed by atoms with Crippen LogP contribution in [0.4, 0.5) is 0 Å². The van der Waals surface area contributed by atoms with Gasteiger partial charge in [0.05, 0.1) is 6.04 Å². The molecule has 0 aliphatic heterocycles. The quantitative estimate of drug-likeness (QED) is 0.764. The Labute approximate surface area is 95.9 Å². The second-order valence-corrected chi connectivity index (χ2v) is 5.17. The van der Waals surface area contributed by atoms with Crippen LogP contribution in [-0.4, -0.2) is 12.6 Å². The van der Waals surface area contributed by atoms with Gasteiger partial charge in [-0.2, -0.15) is 0 Å². The van der Waals surface area contributed by atoms with Gasteiger partial charge in [0.1, 0.15) is 0 Å². The van der Waals surface area contributed by atoms with Gasteiger partial charge in [-0.1, -0.05) is 5.92 Å². The molecule has 1 rings (SSSR count). The van der Waals surface area contributed by atoms with Crippen molar-refractivity contribution in [3.05, 3.63) is 21.4 Å². The Balaban J connectivity index is 2.83. The Morgan fingerprint density at radius 3 is 2.67 bits per heavy atom. The van der Waals surface area contributed by atoms with E-state index in [-0.39, 0.29) is 12.1 Å². The Bertz CT molecular complexity index is 362. The van der Waals surface area contributed by atoms with E-state index in [1.807, 2.05) is 6.92 Å². The second-order valence-electron chi connectivity index (χ2n) is 3.71. The van der Waals surface area contributed by atoms with E-state index < -0.39 is 0 Å². The van der Waals surface area contributed by atoms with E-state index >= 15 is 0 Å². The molecule has 0 saturated heterocycles. The average Bonchev–Trinajstić information content (AvgIpc) is 2.54. The third-order valence-electron chi connectivity index (χ3n) is 2.39. The van der Waals surface area contributed by atoms with Gasteiger partial charge in [0.15, 0.2) is 0 Å². The molecule has 0 spiro atoms. The van der Waals surface area contributed by atoms with Gasteiger partial charge in [-0.15, -0.1) is 17.8 Å². The van der Waals surface area contributed by atoms with E-state index in [1.165, 1.54) is 15.3 Å². The van der Waals surface area contributed by atoms with Crippen LogP contribution in [0.2, 0.25) is 0 Å². The summed E-state index contributed by atoms with van der Waals surface area (Å²) in [4.78, 5) is 2.63. The van der Waals surface area contributed by atoms with Crippen molar-refractivity contribution in [1.82, 2.24) is 5.32 Å². The highest BCUT2D eigenvalue weighted by Gasteiger charge is 2.15. The van der Waals surface area contributed by atoms with Gasteiger partial charge < -0.3 is 5.73 Å². The first-order valence-corrected chi connectivity index (χ1v) is 5.89. The zero-order valence-electron chi connectivity index (χ0n) is 9.50. The normalized spacial score (nSPS) is 14.6. The lowest BCUT2D eigenvalue weighted by Gasteiger charge is -2.19. The Kier molecular flexibility index (Phi) is 4.34. The molecule has 0 fully saturated rings. The lowest BCUT2D eigenvalue weighted by Crippen LogP contribution is -2.34. The maximum Gasteiger partial charge on any atom is 0.0663 e. The largest absolute Gasteiger partial charge is 0.329 e. The molecule has 3 N–H and O–H groups in total. The molecular formula is C12H18N2S. The summed E-state index contributed by atoms with van der Waals surface area (Å²) in [6.07, 6.45) is 5.35. The Morgan fingerprint density at radius 1 is 1.60 bits per heavy atom. The van der Waals surface area contributed by atoms with Crippen molar-refractivity contribution in [2.75, 3.05) is 6.54 Å². The molecule has 0 saturated carbocycles. The molecule has 2 atom stereocenters. The monoisotopic (exact) mass is 222 g/mol. The van der Waals surface area contributed by atoms with E-state index in [4.69, 9.17) is 12.2 Å². The molecule has 0 aliphatic rings. The van der Waals surface area contributed by atoms with E-state index in [0.29, 0.717) is 6.54 Å². The highest BCUT2D eigenvalue weighted by Crippen LogP contribution is 2.26. The zero-order chi connectivity index (χ0) is 11.4. The highest BCUT2D eigenvalue weighted by atomic mass is 32.1. The number of nitrogens with one attached hydrogen (secondary N) is 1. The predicted octanol–water partition coefficient (Wildman–Crippen LogP) is 1.98. The van der Waals surface area contributed by atoms with Gasteiger partial charge in [-0.05, 0) is 32.4 Å². The van der Waals surface area contributed by atoms with Crippen molar-refractivity contribution in [3.8, 4) is 12.3 Å². The van der Waals surface area contributed by atoms with Crippen molar-refractivity contribution >= 4 is 11.3 Å². The van der Waals surface area contributed by atoms with Crippen LogP contribution in [0.5, 0.6) is 0 Å². The third kappa shape index (κ3) is 3.07. The van der Waals surface area contributed by atoms with Crippen molar-refractivity contribution in [1.29, 1.82) is 0 Å². The molecule has 2 unspecified atom stereocenters. The Hall–Kier alpha value is -0.820. The molecule has 0 aromatic carbocycles. The molecule has 0 radical (unpaired) electrons. The summed E-state index contributed by atoms with van der Waals surface area (Å²) in [5.41, 5.74) is 7.04. The van der Waals surface area contributed by atoms with Gasteiger partial charge in [0.25, 0.3) is 0 Å². The number of nitrogens with two attached hydrogens (primary N) is 1. The predicted molar refractivity (Wildman–Crippen MR) is 67.0 cm³/mol. The fourth-order valence-electron chi connectivity index (χ4n) is 1.63. The fraction of sp³-hybridized carbons (Fsp3) is 0.500. The van der Waals surface area contributed by atoms with Crippen LogP contribution < -0.4 is 11.1 Å². The maximum atomic E-state index is 5.76. The molecule has 3 heteroatoms. The first-order valence-electron chi connectivity index (χ1n) is 5.07. The van der Waals surface area contributed by atoms with Crippen molar-refractivity contribution in [2.45, 2.75) is 32.9 Å². The standard InChI is InChI=1S/C12H18N2S/c1-5-8(2)14-12(7-13)11-6-9(3)15-10(11)4/h1,6,8,12,14H,7,13H2,2-4H3. The van der Waals surface area contributed by atoms with Crippen LogP contribution in [0.15, 0.2) is 6.07 Å². The summed E-state index contributed by atoms with van der Waals surface area (Å²) in [7, 11) is 0. The topological polar surface area (TPSA) is 38.0 Å². The van der Waals surface area contributed by atoms with E-state index in [9.17, 15) is 0 Å². The molecule has 82 valence electrons. The zero-order valence-corrected chi connectivity index (χ0v) is 10.3. The lowest BCUT2D eigenvalue weighted by molar-refractivity contribution is 0.517. The molecule has 0 amide bonds. The molecule has 15 heavy (non-hydrogen) atoms. The average molecular weight is 222 g/mol. The minimum Gasteiger partial charge on any atom is -0.329 e. The maximum absolute atomic E-state index is 5.76. The number of rotatable bonds is 4. The number of hydrogen-bond acceptors (Lipinski definition) is 3. The molecule has 0 aliphatic carbocycles. The molecule has 1 heterocycles. The summed E-state index contributed by atoms with van der Waals surface area (Å²) in [6.45, 7) is 6.78. The van der Waals surface area contributed by atoms with Crippen molar-refractivity contribution < 1.29 is 0 Å². The van der Waals surface area contributed by atoms with Crippen molar-refractivity contribution in [2.24, 2.45) is 5.73 Å². The lowest BCUT2D eigenvalue weighted by atomic mass is 10.1. The van der Waals surface area contributed by atoms with Crippen LogP contribution in [0.3, 0.4) is 0 Å². The van der Waals surface area contributed by atoms with Crippen LogP contribution in [0.1, 0.15) is 28.3 Å². The first-order chi connectivity index (χ1) is 7.08. The van der Waals surface area contributed by atoms with Crippen LogP contribution in [0.25, 0.3) is 0 Å². The Morgan fingerprint density at radius 2 is 2.27 bits per heavy atom. The molecule has 1 aromatic heterocycles. The smallest absolute Gasteiger partial charge is 0.0663 e. The molecule has 1 aromatic rings. The first kappa shape index (κ1) is 12.3. The van der Waals surface area contributed by atoms with E-state index in [1.54, 1.807) is 11.3 Å². The summed E-state index contributed by atoms with van der Waals surface area (Å²) >= 11 is 1.80. The van der Waals surface area contributed by atoms with Gasteiger partial charge in [0.2, 0.25) is 0 Å². The third-order valence-corrected chi connectivity index (χ3v) is 3.37. The molecular weight excluding hydrogens is 204 g/mol. The van der Waals surface area contributed by atoms with Crippen LogP contribution in [-0.2, 0) is 0 Å². The number of terminal acetylenes is 1. The number of thiophene rings is 1. The second kappa shape index (κ2) is 5.32. The van der Waals surface area contributed by atoms with E-state index in [2.05, 4.69) is 31.2 Å². The van der Waals surface area contributed by atoms with Crippen molar-refractivity contribution in [3.63, 3.8) is 0 Å². The summed E-state index contributed by atoms with van der Waals surface area (Å²) < 4.78 is 0. The van der Waals surface area contributed by atoms with E-state index in [0.717, 1.165) is 0 Å². The van der Waals surface area contributed by atoms with Crippen LogP contribution in [0, 0.1) is 26.2 Å².